The number of rotatable bonds is 10. The number of carbonyl (C=O) groups is 4. The van der Waals surface area contributed by atoms with E-state index >= 15 is 0 Å². The Morgan fingerprint density at radius 2 is 1.81 bits per heavy atom. The van der Waals surface area contributed by atoms with Gasteiger partial charge in [0.1, 0.15) is 12.3 Å². The predicted octanol–water partition coefficient (Wildman–Crippen LogP) is -0.688. The minimum atomic E-state index is -0.661. The van der Waals surface area contributed by atoms with Gasteiger partial charge in [0.15, 0.2) is 0 Å². The summed E-state index contributed by atoms with van der Waals surface area (Å²) in [6.07, 6.45) is 2.96. The van der Waals surface area contributed by atoms with Crippen LogP contribution in [0.25, 0.3) is 0 Å². The number of aldehydes is 1. The van der Waals surface area contributed by atoms with Crippen molar-refractivity contribution in [2.45, 2.75) is 26.3 Å². The van der Waals surface area contributed by atoms with Crippen LogP contribution < -0.4 is 16.0 Å². The van der Waals surface area contributed by atoms with Crippen LogP contribution in [0.5, 0.6) is 0 Å². The molecular formula is C13H23N3O4S. The van der Waals surface area contributed by atoms with E-state index < -0.39 is 17.9 Å². The first-order valence-corrected chi connectivity index (χ1v) is 8.09. The molecule has 0 aromatic carbocycles. The Hall–Kier alpha value is -1.57. The van der Waals surface area contributed by atoms with Crippen molar-refractivity contribution >= 4 is 35.8 Å². The van der Waals surface area contributed by atoms with Crippen molar-refractivity contribution in [3.63, 3.8) is 0 Å². The lowest BCUT2D eigenvalue weighted by Gasteiger charge is -2.19. The summed E-state index contributed by atoms with van der Waals surface area (Å²) in [7, 11) is 0. The van der Waals surface area contributed by atoms with E-state index in [9.17, 15) is 19.2 Å². The van der Waals surface area contributed by atoms with Crippen LogP contribution in [0, 0.1) is 5.92 Å². The molecule has 1 unspecified atom stereocenters. The number of amides is 3. The molecule has 1 atom stereocenters. The number of hydrogen-bond donors (Lipinski definition) is 3. The first kappa shape index (κ1) is 19.4. The van der Waals surface area contributed by atoms with E-state index in [0.29, 0.717) is 18.5 Å². The summed E-state index contributed by atoms with van der Waals surface area (Å²) in [6, 6.07) is -0.661. The first-order chi connectivity index (χ1) is 9.92. The summed E-state index contributed by atoms with van der Waals surface area (Å²) >= 11 is 1.57. The van der Waals surface area contributed by atoms with Gasteiger partial charge >= 0.3 is 0 Å². The van der Waals surface area contributed by atoms with Gasteiger partial charge in [-0.15, -0.1) is 0 Å². The average Bonchev–Trinajstić information content (AvgIpc) is 2.46. The summed E-state index contributed by atoms with van der Waals surface area (Å²) in [6.45, 7) is 3.17. The van der Waals surface area contributed by atoms with Gasteiger partial charge < -0.3 is 20.7 Å². The van der Waals surface area contributed by atoms with Crippen molar-refractivity contribution in [2.24, 2.45) is 5.92 Å². The predicted molar refractivity (Wildman–Crippen MR) is 81.9 cm³/mol. The van der Waals surface area contributed by atoms with Gasteiger partial charge in [-0.1, -0.05) is 13.8 Å². The average molecular weight is 317 g/mol. The van der Waals surface area contributed by atoms with Gasteiger partial charge in [-0.25, -0.2) is 0 Å². The van der Waals surface area contributed by atoms with Crippen LogP contribution in [0.3, 0.4) is 0 Å². The van der Waals surface area contributed by atoms with Crippen molar-refractivity contribution < 1.29 is 19.2 Å². The van der Waals surface area contributed by atoms with E-state index in [1.807, 2.05) is 6.26 Å². The summed E-state index contributed by atoms with van der Waals surface area (Å²) in [5, 5.41) is 7.44. The van der Waals surface area contributed by atoms with Crippen molar-refractivity contribution in [3.05, 3.63) is 0 Å². The fourth-order valence-electron chi connectivity index (χ4n) is 1.35. The van der Waals surface area contributed by atoms with Gasteiger partial charge in [0.2, 0.25) is 17.7 Å². The smallest absolute Gasteiger partial charge is 0.243 e. The molecule has 0 heterocycles. The molecule has 0 bridgehead atoms. The standard InChI is InChI=1S/C13H23N3O4S/c1-9(2)12(19)16-10(4-7-21-3)13(20)15-8-11(18)14-5-6-17/h6,9-10H,4-5,7-8H2,1-3H3,(H,14,18)(H,15,20)(H,16,19). The Kier molecular flexibility index (Phi) is 10.3. The molecule has 0 aromatic heterocycles. The maximum atomic E-state index is 12.0. The maximum absolute atomic E-state index is 12.0. The number of nitrogens with one attached hydrogen (secondary N) is 3. The summed E-state index contributed by atoms with van der Waals surface area (Å²) in [5.41, 5.74) is 0. The second kappa shape index (κ2) is 11.1. The zero-order chi connectivity index (χ0) is 16.3. The molecule has 0 aliphatic heterocycles. The lowest BCUT2D eigenvalue weighted by molar-refractivity contribution is -0.131. The van der Waals surface area contributed by atoms with Crippen molar-refractivity contribution in [2.75, 3.05) is 25.1 Å². The molecule has 21 heavy (non-hydrogen) atoms. The SMILES string of the molecule is CSCCC(NC(=O)C(C)C)C(=O)NCC(=O)NCC=O. The lowest BCUT2D eigenvalue weighted by Crippen LogP contribution is -2.50. The molecule has 0 aromatic rings. The van der Waals surface area contributed by atoms with Crippen LogP contribution in [-0.2, 0) is 19.2 Å². The molecule has 0 radical (unpaired) electrons. The minimum Gasteiger partial charge on any atom is -0.348 e. The maximum Gasteiger partial charge on any atom is 0.243 e. The fourth-order valence-corrected chi connectivity index (χ4v) is 1.82. The van der Waals surface area contributed by atoms with Crippen LogP contribution in [0.1, 0.15) is 20.3 Å². The highest BCUT2D eigenvalue weighted by Gasteiger charge is 2.21. The van der Waals surface area contributed by atoms with E-state index in [1.165, 1.54) is 0 Å². The fraction of sp³-hybridized carbons (Fsp3) is 0.692. The molecule has 3 amide bonds. The minimum absolute atomic E-state index is 0.0886. The molecular weight excluding hydrogens is 294 g/mol. The van der Waals surface area contributed by atoms with E-state index in [4.69, 9.17) is 0 Å². The number of hydrogen-bond acceptors (Lipinski definition) is 5. The van der Waals surface area contributed by atoms with E-state index in [-0.39, 0.29) is 24.9 Å². The third-order valence-corrected chi connectivity index (χ3v) is 3.22. The molecule has 0 aliphatic rings. The largest absolute Gasteiger partial charge is 0.348 e. The van der Waals surface area contributed by atoms with Crippen LogP contribution in [0.2, 0.25) is 0 Å². The molecule has 120 valence electrons. The lowest BCUT2D eigenvalue weighted by atomic mass is 10.1. The highest BCUT2D eigenvalue weighted by atomic mass is 32.2. The summed E-state index contributed by atoms with van der Waals surface area (Å²) in [4.78, 5) is 45.1. The van der Waals surface area contributed by atoms with Crippen molar-refractivity contribution in [3.8, 4) is 0 Å². The van der Waals surface area contributed by atoms with E-state index in [2.05, 4.69) is 16.0 Å². The van der Waals surface area contributed by atoms with Gasteiger partial charge in [0, 0.05) is 5.92 Å². The van der Waals surface area contributed by atoms with Gasteiger partial charge in [0.05, 0.1) is 13.1 Å². The molecule has 0 rings (SSSR count). The third-order valence-electron chi connectivity index (χ3n) is 2.57. The Balaban J connectivity index is 4.39. The van der Waals surface area contributed by atoms with Crippen molar-refractivity contribution in [1.82, 2.24) is 16.0 Å². The second-order valence-corrected chi connectivity index (χ2v) is 5.67. The number of carbonyl (C=O) groups excluding carboxylic acids is 4. The zero-order valence-corrected chi connectivity index (χ0v) is 13.4. The monoisotopic (exact) mass is 317 g/mol. The Labute approximate surface area is 129 Å². The normalized spacial score (nSPS) is 11.6. The summed E-state index contributed by atoms with van der Waals surface area (Å²) < 4.78 is 0. The van der Waals surface area contributed by atoms with Crippen molar-refractivity contribution in [1.29, 1.82) is 0 Å². The molecule has 0 aliphatic carbocycles. The number of thioether (sulfide) groups is 1. The van der Waals surface area contributed by atoms with Gasteiger partial charge in [-0.05, 0) is 18.4 Å². The van der Waals surface area contributed by atoms with Crippen LogP contribution in [0.4, 0.5) is 0 Å². The zero-order valence-electron chi connectivity index (χ0n) is 12.6. The molecule has 0 saturated carbocycles. The van der Waals surface area contributed by atoms with Crippen LogP contribution in [-0.4, -0.2) is 55.1 Å². The molecule has 0 saturated heterocycles. The molecule has 0 fully saturated rings. The first-order valence-electron chi connectivity index (χ1n) is 6.69. The quantitative estimate of drug-likeness (QED) is 0.463. The second-order valence-electron chi connectivity index (χ2n) is 4.69. The Bertz CT molecular complexity index is 374. The Morgan fingerprint density at radius 1 is 1.14 bits per heavy atom. The van der Waals surface area contributed by atoms with Crippen LogP contribution in [0.15, 0.2) is 0 Å². The van der Waals surface area contributed by atoms with Gasteiger partial charge in [-0.3, -0.25) is 14.4 Å². The molecule has 0 spiro atoms. The van der Waals surface area contributed by atoms with E-state index in [1.54, 1.807) is 25.6 Å². The molecule has 8 heteroatoms. The molecule has 7 nitrogen and oxygen atoms in total. The highest BCUT2D eigenvalue weighted by Crippen LogP contribution is 2.03. The van der Waals surface area contributed by atoms with Gasteiger partial charge in [0.25, 0.3) is 0 Å². The Morgan fingerprint density at radius 3 is 2.33 bits per heavy atom. The van der Waals surface area contributed by atoms with Crippen LogP contribution >= 0.6 is 11.8 Å². The summed E-state index contributed by atoms with van der Waals surface area (Å²) in [5.74, 6) is -0.561. The third kappa shape index (κ3) is 9.06. The van der Waals surface area contributed by atoms with Gasteiger partial charge in [-0.2, -0.15) is 11.8 Å². The van der Waals surface area contributed by atoms with E-state index in [0.717, 1.165) is 0 Å². The molecule has 3 N–H and O–H groups in total. The highest BCUT2D eigenvalue weighted by molar-refractivity contribution is 7.98. The topological polar surface area (TPSA) is 104 Å².